The molecule has 0 aliphatic heterocycles. The summed E-state index contributed by atoms with van der Waals surface area (Å²) in [6, 6.07) is 12.6. The minimum atomic E-state index is -0.548. The lowest BCUT2D eigenvalue weighted by Crippen LogP contribution is -2.44. The van der Waals surface area contributed by atoms with Crippen LogP contribution in [0.25, 0.3) is 10.6 Å². The Morgan fingerprint density at radius 2 is 1.79 bits per heavy atom. The molecule has 3 aromatic rings. The summed E-state index contributed by atoms with van der Waals surface area (Å²) in [5.41, 5.74) is 5.91. The van der Waals surface area contributed by atoms with Crippen LogP contribution in [0.5, 0.6) is 5.75 Å². The zero-order chi connectivity index (χ0) is 19.9. The van der Waals surface area contributed by atoms with E-state index in [4.69, 9.17) is 16.3 Å². The maximum atomic E-state index is 12.8. The highest BCUT2D eigenvalue weighted by Crippen LogP contribution is 2.30. The minimum absolute atomic E-state index is 0.0000515. The monoisotopic (exact) mass is 419 g/mol. The summed E-state index contributed by atoms with van der Waals surface area (Å²) >= 11 is 7.53. The van der Waals surface area contributed by atoms with Gasteiger partial charge in [0.25, 0.3) is 5.91 Å². The summed E-state index contributed by atoms with van der Waals surface area (Å²) in [5, 5.41) is 3.06. The maximum absolute atomic E-state index is 12.8. The molecular weight excluding hydrogens is 405 g/mol. The minimum Gasteiger partial charge on any atom is -0.484 e. The molecule has 0 radical (unpaired) electrons. The van der Waals surface area contributed by atoms with Crippen LogP contribution in [0.1, 0.15) is 5.69 Å². The van der Waals surface area contributed by atoms with Crippen molar-refractivity contribution in [3.05, 3.63) is 70.4 Å². The fourth-order valence-electron chi connectivity index (χ4n) is 2.21. The highest BCUT2D eigenvalue weighted by molar-refractivity contribution is 7.13. The summed E-state index contributed by atoms with van der Waals surface area (Å²) in [6.07, 6.45) is 0.0000515. The largest absolute Gasteiger partial charge is 0.484 e. The van der Waals surface area contributed by atoms with E-state index in [2.05, 4.69) is 15.8 Å². The van der Waals surface area contributed by atoms with Crippen molar-refractivity contribution < 1.29 is 18.7 Å². The molecule has 144 valence electrons. The molecule has 2 aromatic carbocycles. The molecule has 0 aliphatic carbocycles. The van der Waals surface area contributed by atoms with Crippen LogP contribution in [0.3, 0.4) is 0 Å². The Hall–Kier alpha value is -2.97. The van der Waals surface area contributed by atoms with Crippen LogP contribution in [0.4, 0.5) is 4.39 Å². The molecule has 0 aliphatic rings. The van der Waals surface area contributed by atoms with E-state index in [0.29, 0.717) is 21.5 Å². The van der Waals surface area contributed by atoms with Crippen molar-refractivity contribution in [2.45, 2.75) is 6.42 Å². The molecule has 9 heteroatoms. The first-order chi connectivity index (χ1) is 13.5. The molecule has 1 aromatic heterocycles. The number of ether oxygens (including phenoxy) is 1. The molecule has 0 bridgehead atoms. The predicted molar refractivity (Wildman–Crippen MR) is 104 cm³/mol. The molecule has 28 heavy (non-hydrogen) atoms. The number of halogens is 2. The van der Waals surface area contributed by atoms with Gasteiger partial charge in [0.2, 0.25) is 5.91 Å². The van der Waals surface area contributed by atoms with Crippen molar-refractivity contribution in [1.82, 2.24) is 15.8 Å². The van der Waals surface area contributed by atoms with Crippen LogP contribution in [0, 0.1) is 5.82 Å². The van der Waals surface area contributed by atoms with Gasteiger partial charge in [-0.1, -0.05) is 29.8 Å². The van der Waals surface area contributed by atoms with E-state index in [-0.39, 0.29) is 13.0 Å². The molecule has 0 spiro atoms. The van der Waals surface area contributed by atoms with Gasteiger partial charge in [0.05, 0.1) is 17.1 Å². The topological polar surface area (TPSA) is 80.3 Å². The van der Waals surface area contributed by atoms with Crippen LogP contribution in [0.15, 0.2) is 53.9 Å². The fourth-order valence-corrected chi connectivity index (χ4v) is 3.35. The first kappa shape index (κ1) is 19.8. The van der Waals surface area contributed by atoms with Gasteiger partial charge in [-0.05, 0) is 30.3 Å². The zero-order valence-corrected chi connectivity index (χ0v) is 16.0. The van der Waals surface area contributed by atoms with Crippen LogP contribution in [0.2, 0.25) is 5.02 Å². The number of aromatic nitrogens is 1. The van der Waals surface area contributed by atoms with E-state index >= 15 is 0 Å². The van der Waals surface area contributed by atoms with Crippen molar-refractivity contribution in [2.24, 2.45) is 0 Å². The first-order valence-corrected chi connectivity index (χ1v) is 9.42. The second-order valence-corrected chi connectivity index (χ2v) is 6.90. The van der Waals surface area contributed by atoms with Crippen molar-refractivity contribution in [3.8, 4) is 16.3 Å². The number of carbonyl (C=O) groups is 2. The Labute approximate surface area is 169 Å². The van der Waals surface area contributed by atoms with Gasteiger partial charge in [0.1, 0.15) is 16.6 Å². The summed E-state index contributed by atoms with van der Waals surface area (Å²) in [7, 11) is 0. The number of benzene rings is 2. The SMILES string of the molecule is O=C(COc1ccc(F)cc1)NNC(=O)Cc1csc(-c2ccccc2Cl)n1. The van der Waals surface area contributed by atoms with E-state index in [1.165, 1.54) is 35.6 Å². The average molecular weight is 420 g/mol. The third-order valence-corrected chi connectivity index (χ3v) is 4.78. The zero-order valence-electron chi connectivity index (χ0n) is 14.4. The van der Waals surface area contributed by atoms with Gasteiger partial charge in [-0.3, -0.25) is 20.4 Å². The summed E-state index contributed by atoms with van der Waals surface area (Å²) in [5.74, 6) is -1.03. The highest BCUT2D eigenvalue weighted by atomic mass is 35.5. The van der Waals surface area contributed by atoms with Gasteiger partial charge in [-0.2, -0.15) is 0 Å². The lowest BCUT2D eigenvalue weighted by molar-refractivity contribution is -0.129. The second-order valence-electron chi connectivity index (χ2n) is 5.64. The predicted octanol–water partition coefficient (Wildman–Crippen LogP) is 3.37. The van der Waals surface area contributed by atoms with Crippen molar-refractivity contribution in [2.75, 3.05) is 6.61 Å². The lowest BCUT2D eigenvalue weighted by atomic mass is 10.2. The van der Waals surface area contributed by atoms with Gasteiger partial charge in [0, 0.05) is 10.9 Å². The average Bonchev–Trinajstić information content (AvgIpc) is 3.14. The molecular formula is C19H15ClFN3O3S. The van der Waals surface area contributed by atoms with Gasteiger partial charge in [-0.25, -0.2) is 9.37 Å². The summed E-state index contributed by atoms with van der Waals surface area (Å²) in [6.45, 7) is -0.320. The molecule has 0 saturated heterocycles. The van der Waals surface area contributed by atoms with Crippen molar-refractivity contribution in [3.63, 3.8) is 0 Å². The quantitative estimate of drug-likeness (QED) is 0.600. The Balaban J connectivity index is 1.45. The Morgan fingerprint density at radius 3 is 2.54 bits per heavy atom. The van der Waals surface area contributed by atoms with E-state index in [1.54, 1.807) is 11.4 Å². The Kier molecular flexibility index (Phi) is 6.57. The van der Waals surface area contributed by atoms with Gasteiger partial charge in [0.15, 0.2) is 6.61 Å². The molecule has 0 saturated carbocycles. The number of thiazole rings is 1. The number of nitrogens with zero attached hydrogens (tertiary/aromatic N) is 1. The van der Waals surface area contributed by atoms with E-state index < -0.39 is 17.6 Å². The van der Waals surface area contributed by atoms with Crippen molar-refractivity contribution in [1.29, 1.82) is 0 Å². The molecule has 3 rings (SSSR count). The van der Waals surface area contributed by atoms with Gasteiger partial charge >= 0.3 is 0 Å². The van der Waals surface area contributed by atoms with Crippen LogP contribution in [-0.2, 0) is 16.0 Å². The van der Waals surface area contributed by atoms with Crippen LogP contribution < -0.4 is 15.6 Å². The van der Waals surface area contributed by atoms with E-state index in [0.717, 1.165) is 5.56 Å². The number of amides is 2. The molecule has 0 unspecified atom stereocenters. The molecule has 0 fully saturated rings. The second kappa shape index (κ2) is 9.29. The number of hydrogen-bond acceptors (Lipinski definition) is 5. The Morgan fingerprint density at radius 1 is 1.07 bits per heavy atom. The fraction of sp³-hybridized carbons (Fsp3) is 0.105. The smallest absolute Gasteiger partial charge is 0.276 e. The van der Waals surface area contributed by atoms with Crippen molar-refractivity contribution >= 4 is 34.8 Å². The standard InChI is InChI=1S/C19H15ClFN3O3S/c20-16-4-2-1-3-15(16)19-22-13(11-28-19)9-17(25)23-24-18(26)10-27-14-7-5-12(21)6-8-14/h1-8,11H,9-10H2,(H,23,25)(H,24,26). The highest BCUT2D eigenvalue weighted by Gasteiger charge is 2.12. The first-order valence-electron chi connectivity index (χ1n) is 8.16. The number of rotatable bonds is 6. The number of hydrazine groups is 1. The third-order valence-electron chi connectivity index (χ3n) is 3.52. The van der Waals surface area contributed by atoms with Gasteiger partial charge < -0.3 is 4.74 Å². The van der Waals surface area contributed by atoms with Gasteiger partial charge in [-0.15, -0.1) is 11.3 Å². The molecule has 2 N–H and O–H groups in total. The van der Waals surface area contributed by atoms with Crippen LogP contribution in [-0.4, -0.2) is 23.4 Å². The van der Waals surface area contributed by atoms with Crippen LogP contribution >= 0.6 is 22.9 Å². The summed E-state index contributed by atoms with van der Waals surface area (Å²) in [4.78, 5) is 28.1. The number of hydrogen-bond donors (Lipinski definition) is 2. The third kappa shape index (κ3) is 5.51. The van der Waals surface area contributed by atoms with E-state index in [9.17, 15) is 14.0 Å². The molecule has 2 amide bonds. The normalized spacial score (nSPS) is 10.4. The number of carbonyl (C=O) groups excluding carboxylic acids is 2. The molecule has 6 nitrogen and oxygen atoms in total. The molecule has 1 heterocycles. The maximum Gasteiger partial charge on any atom is 0.276 e. The Bertz CT molecular complexity index is 979. The lowest BCUT2D eigenvalue weighted by Gasteiger charge is -2.08. The summed E-state index contributed by atoms with van der Waals surface area (Å²) < 4.78 is 18.0. The molecule has 0 atom stereocenters. The van der Waals surface area contributed by atoms with E-state index in [1.807, 2.05) is 18.2 Å². The number of nitrogens with one attached hydrogen (secondary N) is 2.